The van der Waals surface area contributed by atoms with Crippen LogP contribution in [0.25, 0.3) is 5.65 Å². The number of hydrogen-bond acceptors (Lipinski definition) is 5. The monoisotopic (exact) mass is 324 g/mol. The van der Waals surface area contributed by atoms with Crippen LogP contribution in [0.5, 0.6) is 0 Å². The van der Waals surface area contributed by atoms with Crippen LogP contribution in [-0.2, 0) is 6.42 Å². The standard InChI is InChI=1S/C18H24N6/c1-5-14-10-16(18-21-20-12-24(18)22-14)19-11-17(23(3)4)15-9-7-6-8-13(15)2/h6-10,12,17,19H,5,11H2,1-4H3. The van der Waals surface area contributed by atoms with Crippen molar-refractivity contribution in [2.24, 2.45) is 0 Å². The number of benzene rings is 1. The Balaban J connectivity index is 1.88. The second kappa shape index (κ2) is 6.97. The van der Waals surface area contributed by atoms with Crippen molar-refractivity contribution in [2.75, 3.05) is 26.0 Å². The van der Waals surface area contributed by atoms with E-state index < -0.39 is 0 Å². The van der Waals surface area contributed by atoms with Gasteiger partial charge in [0.25, 0.3) is 0 Å². The van der Waals surface area contributed by atoms with Crippen molar-refractivity contribution in [3.63, 3.8) is 0 Å². The predicted molar refractivity (Wildman–Crippen MR) is 96.3 cm³/mol. The number of nitrogens with zero attached hydrogens (tertiary/aromatic N) is 5. The second-order valence-electron chi connectivity index (χ2n) is 6.22. The van der Waals surface area contributed by atoms with Crippen LogP contribution in [-0.4, -0.2) is 45.4 Å². The molecule has 1 aromatic carbocycles. The van der Waals surface area contributed by atoms with Crippen LogP contribution in [0, 0.1) is 6.92 Å². The van der Waals surface area contributed by atoms with E-state index in [-0.39, 0.29) is 6.04 Å². The highest BCUT2D eigenvalue weighted by Crippen LogP contribution is 2.23. The molecule has 2 aromatic heterocycles. The summed E-state index contributed by atoms with van der Waals surface area (Å²) in [4.78, 5) is 2.23. The highest BCUT2D eigenvalue weighted by molar-refractivity contribution is 5.66. The van der Waals surface area contributed by atoms with Gasteiger partial charge in [-0.25, -0.2) is 0 Å². The van der Waals surface area contributed by atoms with E-state index in [1.807, 2.05) is 0 Å². The molecule has 3 rings (SSSR count). The van der Waals surface area contributed by atoms with E-state index in [9.17, 15) is 0 Å². The summed E-state index contributed by atoms with van der Waals surface area (Å²) in [5, 5.41) is 16.2. The largest absolute Gasteiger partial charge is 0.380 e. The van der Waals surface area contributed by atoms with Crippen LogP contribution in [0.1, 0.15) is 29.8 Å². The number of likely N-dealkylation sites (N-methyl/N-ethyl adjacent to an activating group) is 1. The third-order valence-corrected chi connectivity index (χ3v) is 4.34. The number of fused-ring (bicyclic) bond motifs is 1. The zero-order valence-corrected chi connectivity index (χ0v) is 14.7. The lowest BCUT2D eigenvalue weighted by atomic mass is 10.0. The minimum Gasteiger partial charge on any atom is -0.380 e. The lowest BCUT2D eigenvalue weighted by Gasteiger charge is -2.27. The Hall–Kier alpha value is -2.47. The van der Waals surface area contributed by atoms with E-state index in [1.165, 1.54) is 11.1 Å². The summed E-state index contributed by atoms with van der Waals surface area (Å²) in [6.07, 6.45) is 2.52. The van der Waals surface area contributed by atoms with Crippen molar-refractivity contribution < 1.29 is 0 Å². The van der Waals surface area contributed by atoms with Crippen molar-refractivity contribution in [1.82, 2.24) is 24.7 Å². The van der Waals surface area contributed by atoms with Gasteiger partial charge in [-0.15, -0.1) is 10.2 Å². The maximum atomic E-state index is 4.49. The van der Waals surface area contributed by atoms with Crippen LogP contribution in [0.2, 0.25) is 0 Å². The average molecular weight is 324 g/mol. The fourth-order valence-electron chi connectivity index (χ4n) is 2.92. The minimum absolute atomic E-state index is 0.271. The Morgan fingerprint density at radius 3 is 2.75 bits per heavy atom. The number of rotatable bonds is 6. The lowest BCUT2D eigenvalue weighted by Crippen LogP contribution is -2.27. The molecule has 3 aromatic rings. The number of nitrogens with one attached hydrogen (secondary N) is 1. The molecule has 0 bridgehead atoms. The summed E-state index contributed by atoms with van der Waals surface area (Å²) >= 11 is 0. The molecule has 0 saturated heterocycles. The van der Waals surface area contributed by atoms with Crippen LogP contribution in [0.15, 0.2) is 36.7 Å². The second-order valence-corrected chi connectivity index (χ2v) is 6.22. The Bertz CT molecular complexity index is 823. The van der Waals surface area contributed by atoms with Gasteiger partial charge in [0.15, 0.2) is 0 Å². The van der Waals surface area contributed by atoms with Crippen molar-refractivity contribution >= 4 is 11.3 Å². The van der Waals surface area contributed by atoms with Gasteiger partial charge in [-0.2, -0.15) is 9.61 Å². The summed E-state index contributed by atoms with van der Waals surface area (Å²) in [5.74, 6) is 0. The van der Waals surface area contributed by atoms with Crippen LogP contribution >= 0.6 is 0 Å². The summed E-state index contributed by atoms with van der Waals surface area (Å²) in [6, 6.07) is 10.9. The molecule has 0 aliphatic heterocycles. The average Bonchev–Trinajstić information content (AvgIpc) is 3.04. The van der Waals surface area contributed by atoms with E-state index in [0.717, 1.165) is 30.0 Å². The molecule has 1 atom stereocenters. The molecular formula is C18H24N6. The molecule has 0 fully saturated rings. The van der Waals surface area contributed by atoms with Gasteiger partial charge in [-0.3, -0.25) is 0 Å². The van der Waals surface area contributed by atoms with E-state index in [4.69, 9.17) is 0 Å². The molecule has 2 heterocycles. The van der Waals surface area contributed by atoms with E-state index in [1.54, 1.807) is 10.8 Å². The van der Waals surface area contributed by atoms with Crippen LogP contribution < -0.4 is 5.32 Å². The Morgan fingerprint density at radius 1 is 1.25 bits per heavy atom. The zero-order chi connectivity index (χ0) is 17.1. The van der Waals surface area contributed by atoms with Gasteiger partial charge in [-0.05, 0) is 44.6 Å². The fraction of sp³-hybridized carbons (Fsp3) is 0.389. The molecule has 0 saturated carbocycles. The molecular weight excluding hydrogens is 300 g/mol. The van der Waals surface area contributed by atoms with Gasteiger partial charge in [-0.1, -0.05) is 31.2 Å². The molecule has 6 heteroatoms. The SMILES string of the molecule is CCc1cc(NCC(c2ccccc2C)N(C)C)c2nncn2n1. The molecule has 0 aliphatic rings. The lowest BCUT2D eigenvalue weighted by molar-refractivity contribution is 0.311. The fourth-order valence-corrected chi connectivity index (χ4v) is 2.92. The molecule has 6 nitrogen and oxygen atoms in total. The van der Waals surface area contributed by atoms with Gasteiger partial charge >= 0.3 is 0 Å². The van der Waals surface area contributed by atoms with Gasteiger partial charge in [0.1, 0.15) is 6.33 Å². The Kier molecular flexibility index (Phi) is 4.76. The molecule has 0 radical (unpaired) electrons. The third kappa shape index (κ3) is 3.23. The van der Waals surface area contributed by atoms with E-state index in [2.05, 4.69) is 83.8 Å². The van der Waals surface area contributed by atoms with E-state index >= 15 is 0 Å². The zero-order valence-electron chi connectivity index (χ0n) is 14.7. The van der Waals surface area contributed by atoms with Gasteiger partial charge < -0.3 is 10.2 Å². The number of aryl methyl sites for hydroxylation is 2. The highest BCUT2D eigenvalue weighted by atomic mass is 15.3. The van der Waals surface area contributed by atoms with Gasteiger partial charge in [0.2, 0.25) is 5.65 Å². The van der Waals surface area contributed by atoms with Crippen molar-refractivity contribution in [1.29, 1.82) is 0 Å². The van der Waals surface area contributed by atoms with Gasteiger partial charge in [0.05, 0.1) is 17.4 Å². The molecule has 1 unspecified atom stereocenters. The first-order chi connectivity index (χ1) is 11.6. The number of anilines is 1. The first-order valence-electron chi connectivity index (χ1n) is 8.26. The molecule has 24 heavy (non-hydrogen) atoms. The normalized spacial score (nSPS) is 12.7. The maximum absolute atomic E-state index is 4.49. The Morgan fingerprint density at radius 2 is 2.04 bits per heavy atom. The Labute approximate surface area is 142 Å². The molecule has 0 spiro atoms. The number of aromatic nitrogens is 4. The molecule has 126 valence electrons. The topological polar surface area (TPSA) is 58.3 Å². The number of hydrogen-bond donors (Lipinski definition) is 1. The predicted octanol–water partition coefficient (Wildman–Crippen LogP) is 2.71. The van der Waals surface area contributed by atoms with Crippen molar-refractivity contribution in [3.8, 4) is 0 Å². The summed E-state index contributed by atoms with van der Waals surface area (Å²) < 4.78 is 1.74. The molecule has 0 amide bonds. The van der Waals surface area contributed by atoms with Crippen molar-refractivity contribution in [2.45, 2.75) is 26.3 Å². The first kappa shape index (κ1) is 16.4. The quantitative estimate of drug-likeness (QED) is 0.755. The highest BCUT2D eigenvalue weighted by Gasteiger charge is 2.17. The summed E-state index contributed by atoms with van der Waals surface area (Å²) in [7, 11) is 4.21. The summed E-state index contributed by atoms with van der Waals surface area (Å²) in [6.45, 7) is 5.04. The molecule has 1 N–H and O–H groups in total. The van der Waals surface area contributed by atoms with E-state index in [0.29, 0.717) is 0 Å². The molecule has 0 aliphatic carbocycles. The van der Waals surface area contributed by atoms with Gasteiger partial charge in [0, 0.05) is 6.54 Å². The first-order valence-corrected chi connectivity index (χ1v) is 8.26. The smallest absolute Gasteiger partial charge is 0.200 e. The minimum atomic E-state index is 0.271. The summed E-state index contributed by atoms with van der Waals surface area (Å²) in [5.41, 5.74) is 5.38. The van der Waals surface area contributed by atoms with Crippen LogP contribution in [0.3, 0.4) is 0 Å². The maximum Gasteiger partial charge on any atom is 0.200 e. The van der Waals surface area contributed by atoms with Crippen molar-refractivity contribution in [3.05, 3.63) is 53.5 Å². The van der Waals surface area contributed by atoms with Crippen LogP contribution in [0.4, 0.5) is 5.69 Å². The third-order valence-electron chi connectivity index (χ3n) is 4.34.